The lowest BCUT2D eigenvalue weighted by Crippen LogP contribution is -2.32. The number of carboxylic acid groups (broad SMARTS) is 1. The molecule has 0 aliphatic carbocycles. The maximum atomic E-state index is 11.3. The number of carboxylic acids is 1. The molecule has 5 heteroatoms. The van der Waals surface area contributed by atoms with Gasteiger partial charge in [0.1, 0.15) is 4.75 Å². The van der Waals surface area contributed by atoms with Gasteiger partial charge < -0.3 is 5.11 Å². The van der Waals surface area contributed by atoms with Crippen LogP contribution in [0.25, 0.3) is 0 Å². The van der Waals surface area contributed by atoms with E-state index in [1.54, 1.807) is 17.8 Å². The van der Waals surface area contributed by atoms with Crippen LogP contribution in [-0.4, -0.2) is 25.6 Å². The smallest absolute Gasteiger partial charge is 0.319 e. The normalized spacial score (nSPS) is 15.1. The van der Waals surface area contributed by atoms with Gasteiger partial charge in [0.15, 0.2) is 0 Å². The van der Waals surface area contributed by atoms with Crippen LogP contribution < -0.4 is 0 Å². The van der Waals surface area contributed by atoms with Crippen molar-refractivity contribution in [2.75, 3.05) is 0 Å². The van der Waals surface area contributed by atoms with E-state index < -0.39 is 10.7 Å². The molecule has 0 fully saturated rings. The van der Waals surface area contributed by atoms with Crippen LogP contribution in [0.2, 0.25) is 0 Å². The second-order valence-electron chi connectivity index (χ2n) is 4.59. The summed E-state index contributed by atoms with van der Waals surface area (Å²) < 4.78 is 0.900. The van der Waals surface area contributed by atoms with Crippen molar-refractivity contribution in [3.63, 3.8) is 0 Å². The highest BCUT2D eigenvalue weighted by Gasteiger charge is 2.35. The van der Waals surface area contributed by atoms with E-state index in [2.05, 4.69) is 5.10 Å². The minimum absolute atomic E-state index is 0.352. The highest BCUT2D eigenvalue weighted by atomic mass is 32.2. The van der Waals surface area contributed by atoms with Gasteiger partial charge >= 0.3 is 5.97 Å². The maximum absolute atomic E-state index is 11.3. The first kappa shape index (κ1) is 13.1. The molecule has 16 heavy (non-hydrogen) atoms. The first-order valence-electron chi connectivity index (χ1n) is 5.24. The average molecular weight is 242 g/mol. The number of aryl methyl sites for hydroxylation is 1. The Morgan fingerprint density at radius 1 is 1.69 bits per heavy atom. The molecule has 0 spiro atoms. The summed E-state index contributed by atoms with van der Waals surface area (Å²) >= 11 is 1.37. The number of hydrogen-bond donors (Lipinski definition) is 1. The van der Waals surface area contributed by atoms with Crippen LogP contribution >= 0.6 is 11.8 Å². The number of aliphatic carboxylic acids is 1. The predicted molar refractivity (Wildman–Crippen MR) is 64.6 cm³/mol. The van der Waals surface area contributed by atoms with E-state index in [0.717, 1.165) is 4.90 Å². The maximum Gasteiger partial charge on any atom is 0.319 e. The van der Waals surface area contributed by atoms with Gasteiger partial charge in [0.2, 0.25) is 0 Å². The topological polar surface area (TPSA) is 55.1 Å². The molecular weight excluding hydrogens is 224 g/mol. The third-order valence-corrected chi connectivity index (χ3v) is 3.51. The molecule has 1 aromatic heterocycles. The van der Waals surface area contributed by atoms with Gasteiger partial charge in [0.25, 0.3) is 0 Å². The van der Waals surface area contributed by atoms with E-state index >= 15 is 0 Å². The van der Waals surface area contributed by atoms with E-state index in [4.69, 9.17) is 0 Å². The molecule has 0 radical (unpaired) electrons. The number of aromatic nitrogens is 2. The summed E-state index contributed by atoms with van der Waals surface area (Å²) in [5.74, 6) is -0.416. The van der Waals surface area contributed by atoms with Crippen LogP contribution in [0.1, 0.15) is 27.2 Å². The highest BCUT2D eigenvalue weighted by molar-refractivity contribution is 8.01. The van der Waals surface area contributed by atoms with Gasteiger partial charge in [-0.2, -0.15) is 5.10 Å². The molecule has 0 aromatic carbocycles. The summed E-state index contributed by atoms with van der Waals surface area (Å²) in [6.45, 7) is 5.84. The van der Waals surface area contributed by atoms with Crippen LogP contribution in [0, 0.1) is 5.92 Å². The first-order chi connectivity index (χ1) is 7.33. The van der Waals surface area contributed by atoms with Crippen LogP contribution in [0.15, 0.2) is 17.3 Å². The lowest BCUT2D eigenvalue weighted by atomic mass is 9.98. The standard InChI is InChI=1S/C11H18N2O2S/c1-8(2)5-11(3,10(14)15)16-9-6-12-13(4)7-9/h6-8H,5H2,1-4H3,(H,14,15). The fourth-order valence-corrected chi connectivity index (χ4v) is 2.99. The van der Waals surface area contributed by atoms with Gasteiger partial charge in [-0.25, -0.2) is 0 Å². The van der Waals surface area contributed by atoms with Crippen molar-refractivity contribution < 1.29 is 9.90 Å². The zero-order chi connectivity index (χ0) is 12.3. The van der Waals surface area contributed by atoms with Crippen molar-refractivity contribution in [3.8, 4) is 0 Å². The average Bonchev–Trinajstić information content (AvgIpc) is 2.49. The quantitative estimate of drug-likeness (QED) is 0.806. The molecule has 0 aliphatic heterocycles. The SMILES string of the molecule is CC(C)CC(C)(Sc1cnn(C)c1)C(=O)O. The fraction of sp³-hybridized carbons (Fsp3) is 0.636. The first-order valence-corrected chi connectivity index (χ1v) is 6.06. The van der Waals surface area contributed by atoms with Gasteiger partial charge in [0, 0.05) is 18.1 Å². The lowest BCUT2D eigenvalue weighted by molar-refractivity contribution is -0.139. The molecule has 0 bridgehead atoms. The summed E-state index contributed by atoms with van der Waals surface area (Å²) in [5, 5.41) is 13.3. The van der Waals surface area contributed by atoms with E-state index in [9.17, 15) is 9.90 Å². The largest absolute Gasteiger partial charge is 0.480 e. The molecule has 90 valence electrons. The predicted octanol–water partition coefficient (Wildman–Crippen LogP) is 2.40. The van der Waals surface area contributed by atoms with Gasteiger partial charge in [-0.05, 0) is 19.3 Å². The Morgan fingerprint density at radius 2 is 2.31 bits per heavy atom. The van der Waals surface area contributed by atoms with Gasteiger partial charge in [0.05, 0.1) is 6.20 Å². The minimum atomic E-state index is -0.781. The Kier molecular flexibility index (Phi) is 4.02. The van der Waals surface area contributed by atoms with E-state index in [1.165, 1.54) is 11.8 Å². The summed E-state index contributed by atoms with van der Waals surface area (Å²) in [4.78, 5) is 12.2. The molecular formula is C11H18N2O2S. The second-order valence-corrected chi connectivity index (χ2v) is 6.16. The monoisotopic (exact) mass is 242 g/mol. The summed E-state index contributed by atoms with van der Waals surface area (Å²) in [6.07, 6.45) is 4.18. The zero-order valence-electron chi connectivity index (χ0n) is 10.1. The summed E-state index contributed by atoms with van der Waals surface area (Å²) in [7, 11) is 1.82. The molecule has 1 unspecified atom stereocenters. The van der Waals surface area contributed by atoms with E-state index in [-0.39, 0.29) is 0 Å². The molecule has 0 amide bonds. The molecule has 0 aliphatic rings. The molecule has 1 heterocycles. The van der Waals surface area contributed by atoms with Crippen LogP contribution in [0.3, 0.4) is 0 Å². The van der Waals surface area contributed by atoms with Gasteiger partial charge in [-0.1, -0.05) is 13.8 Å². The van der Waals surface area contributed by atoms with Crippen molar-refractivity contribution >= 4 is 17.7 Å². The third kappa shape index (κ3) is 3.27. The molecule has 0 saturated carbocycles. The van der Waals surface area contributed by atoms with Crippen molar-refractivity contribution in [2.45, 2.75) is 36.8 Å². The zero-order valence-corrected chi connectivity index (χ0v) is 10.9. The van der Waals surface area contributed by atoms with Gasteiger partial charge in [-0.3, -0.25) is 9.48 Å². The van der Waals surface area contributed by atoms with Gasteiger partial charge in [-0.15, -0.1) is 11.8 Å². The van der Waals surface area contributed by atoms with E-state index in [0.29, 0.717) is 12.3 Å². The Balaban J connectivity index is 2.82. The lowest BCUT2D eigenvalue weighted by Gasteiger charge is -2.25. The molecule has 1 N–H and O–H groups in total. The van der Waals surface area contributed by atoms with Crippen LogP contribution in [0.5, 0.6) is 0 Å². The Labute approximate surface area is 100 Å². The van der Waals surface area contributed by atoms with Crippen molar-refractivity contribution in [3.05, 3.63) is 12.4 Å². The molecule has 0 saturated heterocycles. The number of rotatable bonds is 5. The number of nitrogens with zero attached hydrogens (tertiary/aromatic N) is 2. The molecule has 4 nitrogen and oxygen atoms in total. The number of hydrogen-bond acceptors (Lipinski definition) is 3. The Bertz CT molecular complexity index is 376. The summed E-state index contributed by atoms with van der Waals surface area (Å²) in [5.41, 5.74) is 0. The molecule has 1 rings (SSSR count). The summed E-state index contributed by atoms with van der Waals surface area (Å²) in [6, 6.07) is 0. The highest BCUT2D eigenvalue weighted by Crippen LogP contribution is 2.37. The van der Waals surface area contributed by atoms with Crippen molar-refractivity contribution in [1.29, 1.82) is 0 Å². The Hall–Kier alpha value is -0.970. The molecule has 1 aromatic rings. The Morgan fingerprint density at radius 3 is 2.69 bits per heavy atom. The minimum Gasteiger partial charge on any atom is -0.480 e. The van der Waals surface area contributed by atoms with Crippen molar-refractivity contribution in [2.24, 2.45) is 13.0 Å². The van der Waals surface area contributed by atoms with Crippen LogP contribution in [-0.2, 0) is 11.8 Å². The van der Waals surface area contributed by atoms with Crippen LogP contribution in [0.4, 0.5) is 0 Å². The van der Waals surface area contributed by atoms with Crippen molar-refractivity contribution in [1.82, 2.24) is 9.78 Å². The van der Waals surface area contributed by atoms with E-state index in [1.807, 2.05) is 27.1 Å². The third-order valence-electron chi connectivity index (χ3n) is 2.27. The molecule has 1 atom stereocenters. The fourth-order valence-electron chi connectivity index (χ4n) is 1.66. The number of thioether (sulfide) groups is 1. The number of carbonyl (C=O) groups is 1. The second kappa shape index (κ2) is 4.91.